The first-order chi connectivity index (χ1) is 12.3. The molecule has 5 nitrogen and oxygen atoms in total. The van der Waals surface area contributed by atoms with Crippen molar-refractivity contribution < 1.29 is 18.3 Å². The molecule has 3 rings (SSSR count). The van der Waals surface area contributed by atoms with Crippen LogP contribution in [0.2, 0.25) is 0 Å². The van der Waals surface area contributed by atoms with E-state index in [1.54, 1.807) is 7.05 Å². The van der Waals surface area contributed by atoms with Crippen LogP contribution >= 0.6 is 0 Å². The fourth-order valence-corrected chi connectivity index (χ4v) is 3.91. The number of hydrogen-bond donors (Lipinski definition) is 2. The van der Waals surface area contributed by atoms with Crippen molar-refractivity contribution >= 4 is 11.9 Å². The minimum atomic E-state index is -2.63. The smallest absolute Gasteiger partial charge is 0.413 e. The van der Waals surface area contributed by atoms with Crippen LogP contribution in [0.5, 0.6) is 0 Å². The largest absolute Gasteiger partial charge is 0.446 e. The number of nitrogens with two attached hydrogens (primary N) is 1. The highest BCUT2D eigenvalue weighted by Crippen LogP contribution is 2.47. The average molecular weight is 369 g/mol. The number of nitrogens with zero attached hydrogens (tertiary/aromatic N) is 1. The normalized spacial score (nSPS) is 26.1. The summed E-state index contributed by atoms with van der Waals surface area (Å²) in [5.74, 6) is -2.01. The molecule has 3 N–H and O–H groups in total. The van der Waals surface area contributed by atoms with E-state index in [4.69, 9.17) is 10.5 Å². The summed E-state index contributed by atoms with van der Waals surface area (Å²) in [6, 6.07) is 0. The zero-order valence-corrected chi connectivity index (χ0v) is 15.6. The molecule has 26 heavy (non-hydrogen) atoms. The summed E-state index contributed by atoms with van der Waals surface area (Å²) >= 11 is 0. The molecule has 1 unspecified atom stereocenters. The van der Waals surface area contributed by atoms with Crippen LogP contribution in [0.3, 0.4) is 0 Å². The Kier molecular flexibility index (Phi) is 5.53. The molecule has 1 amide bonds. The van der Waals surface area contributed by atoms with E-state index in [0.717, 1.165) is 37.7 Å². The number of aliphatic imine (C=N–C) groups is 1. The van der Waals surface area contributed by atoms with E-state index in [1.807, 2.05) is 6.92 Å². The summed E-state index contributed by atoms with van der Waals surface area (Å²) in [7, 11) is 1.58. The number of halogens is 2. The van der Waals surface area contributed by atoms with E-state index in [2.05, 4.69) is 10.3 Å². The Labute approximate surface area is 153 Å². The molecule has 0 aromatic carbocycles. The van der Waals surface area contributed by atoms with Gasteiger partial charge in [-0.1, -0.05) is 12.8 Å². The van der Waals surface area contributed by atoms with Crippen LogP contribution in [-0.2, 0) is 4.74 Å². The number of amidine groups is 1. The van der Waals surface area contributed by atoms with Gasteiger partial charge in [-0.15, -0.1) is 0 Å². The fourth-order valence-electron chi connectivity index (χ4n) is 3.91. The van der Waals surface area contributed by atoms with Crippen molar-refractivity contribution in [1.29, 1.82) is 0 Å². The van der Waals surface area contributed by atoms with Gasteiger partial charge < -0.3 is 10.5 Å². The Balaban J connectivity index is 1.69. The lowest BCUT2D eigenvalue weighted by Crippen LogP contribution is -2.43. The van der Waals surface area contributed by atoms with E-state index in [0.29, 0.717) is 17.5 Å². The third kappa shape index (κ3) is 4.01. The number of carbonyl (C=O) groups excluding carboxylic acids is 1. The molecule has 0 heterocycles. The van der Waals surface area contributed by atoms with Crippen LogP contribution in [0.25, 0.3) is 0 Å². The first kappa shape index (κ1) is 19.1. The molecule has 3 aliphatic carbocycles. The van der Waals surface area contributed by atoms with Gasteiger partial charge in [0.1, 0.15) is 11.9 Å². The Morgan fingerprint density at radius 3 is 2.23 bits per heavy atom. The lowest BCUT2D eigenvalue weighted by atomic mass is 9.72. The van der Waals surface area contributed by atoms with Gasteiger partial charge in [0.05, 0.1) is 0 Å². The zero-order valence-electron chi connectivity index (χ0n) is 15.6. The van der Waals surface area contributed by atoms with Gasteiger partial charge in [0.2, 0.25) is 5.92 Å². The van der Waals surface area contributed by atoms with Crippen LogP contribution in [0.1, 0.15) is 58.3 Å². The number of allylic oxidation sites excluding steroid dienone is 1. The highest BCUT2D eigenvalue weighted by atomic mass is 19.3. The van der Waals surface area contributed by atoms with Gasteiger partial charge in [0.25, 0.3) is 0 Å². The van der Waals surface area contributed by atoms with E-state index in [-0.39, 0.29) is 30.8 Å². The summed E-state index contributed by atoms with van der Waals surface area (Å²) in [5, 5.41) is 2.72. The van der Waals surface area contributed by atoms with Crippen molar-refractivity contribution in [3.8, 4) is 0 Å². The third-order valence-corrected chi connectivity index (χ3v) is 6.16. The summed E-state index contributed by atoms with van der Waals surface area (Å²) in [6.45, 7) is 1.90. The molecule has 0 aromatic rings. The van der Waals surface area contributed by atoms with Crippen LogP contribution < -0.4 is 11.1 Å². The van der Waals surface area contributed by atoms with Crippen LogP contribution in [0.15, 0.2) is 16.3 Å². The molecule has 1 atom stereocenters. The lowest BCUT2D eigenvalue weighted by molar-refractivity contribution is -0.0999. The Hall–Kier alpha value is -1.66. The summed E-state index contributed by atoms with van der Waals surface area (Å²) < 4.78 is 32.0. The maximum atomic E-state index is 13.3. The van der Waals surface area contributed by atoms with Crippen molar-refractivity contribution in [3.63, 3.8) is 0 Å². The second kappa shape index (κ2) is 7.53. The standard InChI is InChI=1S/C19H29F2N3O2/c1-11(12-5-3-6-12)26-18(25)24-17(23-2)15(13-7-4-8-13)16(22)14-9-19(20,21)10-14/h11-14H,3-10,22H2,1-2H3,(H,23,24,25)/b16-15-. The maximum absolute atomic E-state index is 13.3. The van der Waals surface area contributed by atoms with E-state index in [9.17, 15) is 13.6 Å². The first-order valence-electron chi connectivity index (χ1n) is 9.63. The van der Waals surface area contributed by atoms with Crippen LogP contribution in [0.4, 0.5) is 13.6 Å². The zero-order chi connectivity index (χ0) is 18.9. The number of nitrogens with one attached hydrogen (secondary N) is 1. The number of rotatable bonds is 5. The van der Waals surface area contributed by atoms with Crippen molar-refractivity contribution in [2.45, 2.75) is 70.3 Å². The Morgan fingerprint density at radius 1 is 1.19 bits per heavy atom. The number of hydrogen-bond acceptors (Lipinski definition) is 4. The van der Waals surface area contributed by atoms with Crippen LogP contribution in [0, 0.1) is 17.8 Å². The maximum Gasteiger partial charge on any atom is 0.413 e. The van der Waals surface area contributed by atoms with Gasteiger partial charge in [-0.2, -0.15) is 0 Å². The van der Waals surface area contributed by atoms with Crippen molar-refractivity contribution in [2.24, 2.45) is 28.5 Å². The summed E-state index contributed by atoms with van der Waals surface area (Å²) in [5.41, 5.74) is 7.44. The highest BCUT2D eigenvalue weighted by Gasteiger charge is 2.47. The predicted molar refractivity (Wildman–Crippen MR) is 96.0 cm³/mol. The van der Waals surface area contributed by atoms with Gasteiger partial charge in [0.15, 0.2) is 0 Å². The molecule has 0 saturated heterocycles. The van der Waals surface area contributed by atoms with Crippen molar-refractivity contribution in [2.75, 3.05) is 7.05 Å². The molecule has 3 saturated carbocycles. The second-order valence-corrected chi connectivity index (χ2v) is 7.96. The molecular formula is C19H29F2N3O2. The van der Waals surface area contributed by atoms with Crippen molar-refractivity contribution in [3.05, 3.63) is 11.3 Å². The number of ether oxygens (including phenoxy) is 1. The van der Waals surface area contributed by atoms with Gasteiger partial charge in [-0.05, 0) is 44.4 Å². The highest BCUT2D eigenvalue weighted by molar-refractivity contribution is 6.07. The van der Waals surface area contributed by atoms with E-state index >= 15 is 0 Å². The number of carbonyl (C=O) groups is 1. The van der Waals surface area contributed by atoms with Crippen molar-refractivity contribution in [1.82, 2.24) is 5.32 Å². The lowest BCUT2D eigenvalue weighted by Gasteiger charge is -2.39. The van der Waals surface area contributed by atoms with Gasteiger partial charge in [-0.3, -0.25) is 10.3 Å². The second-order valence-electron chi connectivity index (χ2n) is 7.96. The molecule has 0 spiro atoms. The van der Waals surface area contributed by atoms with Gasteiger partial charge in [0, 0.05) is 37.1 Å². The first-order valence-corrected chi connectivity index (χ1v) is 9.63. The van der Waals surface area contributed by atoms with Gasteiger partial charge >= 0.3 is 6.09 Å². The minimum absolute atomic E-state index is 0.138. The minimum Gasteiger partial charge on any atom is -0.446 e. The Bertz CT molecular complexity index is 602. The molecule has 0 aliphatic heterocycles. The Morgan fingerprint density at radius 2 is 1.81 bits per heavy atom. The third-order valence-electron chi connectivity index (χ3n) is 6.16. The van der Waals surface area contributed by atoms with Gasteiger partial charge in [-0.25, -0.2) is 13.6 Å². The van der Waals surface area contributed by atoms with E-state index < -0.39 is 12.0 Å². The quantitative estimate of drug-likeness (QED) is 0.568. The summed E-state index contributed by atoms with van der Waals surface area (Å²) in [6.07, 6.45) is 5.15. The summed E-state index contributed by atoms with van der Waals surface area (Å²) in [4.78, 5) is 16.5. The monoisotopic (exact) mass is 369 g/mol. The molecule has 146 valence electrons. The molecule has 7 heteroatoms. The molecule has 0 aromatic heterocycles. The number of alkyl halides is 2. The SMILES string of the molecule is CN=C(NC(=O)OC(C)C1CCC1)/C(=C(\N)C1CC(F)(F)C1)C1CCC1. The average Bonchev–Trinajstić information content (AvgIpc) is 2.43. The number of amides is 1. The molecule has 0 radical (unpaired) electrons. The molecular weight excluding hydrogens is 340 g/mol. The fraction of sp³-hybridized carbons (Fsp3) is 0.789. The predicted octanol–water partition coefficient (Wildman–Crippen LogP) is 3.99. The van der Waals surface area contributed by atoms with Crippen LogP contribution in [-0.4, -0.2) is 31.0 Å². The molecule has 0 bridgehead atoms. The number of alkyl carbamates (subject to hydrolysis) is 1. The topological polar surface area (TPSA) is 76.7 Å². The molecule has 3 fully saturated rings. The molecule has 3 aliphatic rings. The van der Waals surface area contributed by atoms with E-state index in [1.165, 1.54) is 6.42 Å².